The maximum absolute atomic E-state index is 14.0. The maximum Gasteiger partial charge on any atom is 0.185 e. The van der Waals surface area contributed by atoms with Gasteiger partial charge in [-0.1, -0.05) is 53.9 Å². The van der Waals surface area contributed by atoms with Crippen LogP contribution in [0, 0.1) is 52.3 Å². The molecule has 0 amide bonds. The van der Waals surface area contributed by atoms with Gasteiger partial charge in [-0.05, 0) is 134 Å². The molecule has 0 radical (unpaired) electrons. The number of Topliss-reactive ketones (excluding diaryl/α,β-unsaturated/α-hetero) is 1. The molecule has 0 N–H and O–H groups in total. The second-order valence-corrected chi connectivity index (χ2v) is 14.8. The van der Waals surface area contributed by atoms with E-state index in [-0.39, 0.29) is 17.1 Å². The monoisotopic (exact) mass is 542 g/mol. The Kier molecular flexibility index (Phi) is 7.55. The van der Waals surface area contributed by atoms with Crippen LogP contribution in [0.2, 0.25) is 0 Å². The van der Waals surface area contributed by atoms with Crippen molar-refractivity contribution < 1.29 is 13.6 Å². The van der Waals surface area contributed by atoms with Crippen molar-refractivity contribution in [3.63, 3.8) is 0 Å². The highest BCUT2D eigenvalue weighted by Gasteiger charge is 2.61. The summed E-state index contributed by atoms with van der Waals surface area (Å²) in [7, 11) is 0. The zero-order valence-corrected chi connectivity index (χ0v) is 25.5. The standard InChI is InChI=1S/C37H50O3/c1-24(2)9-6-10-25(3)31-15-16-32-29-13-14-33-30(22-28-12-8-20-40-28)35(38)26(21-27-11-7-19-39-27)23-37(33,5)34(29)17-18-36(31,32)4/h7-8,11-12,19-22,24-25,29,31-34H,6,9-10,13-18,23H2,1-5H3. The minimum absolute atomic E-state index is 0.0793. The lowest BCUT2D eigenvalue weighted by Crippen LogP contribution is -2.54. The number of carbonyl (C=O) groups excluding carboxylic acids is 1. The van der Waals surface area contributed by atoms with E-state index in [2.05, 4.69) is 40.7 Å². The van der Waals surface area contributed by atoms with Crippen molar-refractivity contribution in [2.45, 2.75) is 98.8 Å². The molecule has 8 unspecified atom stereocenters. The largest absolute Gasteiger partial charge is 0.465 e. The number of fused-ring (bicyclic) bond motifs is 5. The first-order chi connectivity index (χ1) is 19.2. The highest BCUT2D eigenvalue weighted by molar-refractivity contribution is 6.14. The zero-order valence-electron chi connectivity index (χ0n) is 25.5. The van der Waals surface area contributed by atoms with Crippen LogP contribution >= 0.6 is 0 Å². The fourth-order valence-corrected chi connectivity index (χ4v) is 10.4. The molecule has 4 aliphatic carbocycles. The second kappa shape index (κ2) is 10.8. The van der Waals surface area contributed by atoms with E-state index in [1.807, 2.05) is 30.3 Å². The molecule has 0 aromatic carbocycles. The lowest BCUT2D eigenvalue weighted by atomic mass is 9.43. The van der Waals surface area contributed by atoms with E-state index in [4.69, 9.17) is 8.83 Å². The van der Waals surface area contributed by atoms with Crippen LogP contribution in [0.25, 0.3) is 12.2 Å². The van der Waals surface area contributed by atoms with Crippen LogP contribution in [0.5, 0.6) is 0 Å². The van der Waals surface area contributed by atoms with Crippen LogP contribution in [-0.4, -0.2) is 5.78 Å². The van der Waals surface area contributed by atoms with Gasteiger partial charge in [0.1, 0.15) is 11.5 Å². The summed E-state index contributed by atoms with van der Waals surface area (Å²) in [5, 5.41) is 0. The van der Waals surface area contributed by atoms with Crippen molar-refractivity contribution in [3.05, 3.63) is 59.5 Å². The van der Waals surface area contributed by atoms with Crippen molar-refractivity contribution in [3.8, 4) is 0 Å². The van der Waals surface area contributed by atoms with Gasteiger partial charge in [-0.25, -0.2) is 0 Å². The molecule has 8 atom stereocenters. The topological polar surface area (TPSA) is 43.4 Å². The number of ketones is 1. The fourth-order valence-electron chi connectivity index (χ4n) is 10.4. The van der Waals surface area contributed by atoms with Gasteiger partial charge in [0.2, 0.25) is 0 Å². The van der Waals surface area contributed by atoms with Crippen molar-refractivity contribution in [1.29, 1.82) is 0 Å². The quantitative estimate of drug-likeness (QED) is 0.327. The van der Waals surface area contributed by atoms with Gasteiger partial charge < -0.3 is 8.83 Å². The maximum atomic E-state index is 14.0. The number of hydrogen-bond acceptors (Lipinski definition) is 3. The minimum atomic E-state index is 0.0793. The lowest BCUT2D eigenvalue weighted by Gasteiger charge is -2.61. The molecule has 4 saturated carbocycles. The highest BCUT2D eigenvalue weighted by Crippen LogP contribution is 2.69. The molecular weight excluding hydrogens is 492 g/mol. The van der Waals surface area contributed by atoms with E-state index in [1.165, 1.54) is 51.4 Å². The van der Waals surface area contributed by atoms with Crippen molar-refractivity contribution in [2.75, 3.05) is 0 Å². The van der Waals surface area contributed by atoms with Gasteiger partial charge in [0, 0.05) is 11.1 Å². The minimum Gasteiger partial charge on any atom is -0.465 e. The first kappa shape index (κ1) is 27.9. The van der Waals surface area contributed by atoms with Gasteiger partial charge in [-0.15, -0.1) is 0 Å². The van der Waals surface area contributed by atoms with Crippen LogP contribution in [0.1, 0.15) is 110 Å². The van der Waals surface area contributed by atoms with Crippen LogP contribution < -0.4 is 0 Å². The molecule has 3 nitrogen and oxygen atoms in total. The van der Waals surface area contributed by atoms with Gasteiger partial charge in [-0.2, -0.15) is 0 Å². The molecule has 0 saturated heterocycles. The van der Waals surface area contributed by atoms with E-state index in [9.17, 15) is 4.79 Å². The molecule has 0 bridgehead atoms. The number of rotatable bonds is 7. The molecule has 216 valence electrons. The third-order valence-corrected chi connectivity index (χ3v) is 12.3. The summed E-state index contributed by atoms with van der Waals surface area (Å²) in [4.78, 5) is 14.0. The molecule has 40 heavy (non-hydrogen) atoms. The average molecular weight is 543 g/mol. The van der Waals surface area contributed by atoms with Gasteiger partial charge in [0.15, 0.2) is 5.78 Å². The van der Waals surface area contributed by atoms with Gasteiger partial charge in [-0.3, -0.25) is 4.79 Å². The molecule has 4 aliphatic rings. The third kappa shape index (κ3) is 4.80. The molecule has 2 aromatic heterocycles. The predicted molar refractivity (Wildman–Crippen MR) is 162 cm³/mol. The fraction of sp³-hybridized carbons (Fsp3) is 0.649. The smallest absolute Gasteiger partial charge is 0.185 e. The highest BCUT2D eigenvalue weighted by atomic mass is 16.3. The van der Waals surface area contributed by atoms with Crippen LogP contribution in [-0.2, 0) is 4.79 Å². The number of carbonyl (C=O) groups is 1. The van der Waals surface area contributed by atoms with E-state index in [0.717, 1.165) is 65.1 Å². The van der Waals surface area contributed by atoms with Crippen molar-refractivity contribution >= 4 is 17.9 Å². The summed E-state index contributed by atoms with van der Waals surface area (Å²) in [6.45, 7) is 12.5. The zero-order chi connectivity index (χ0) is 28.1. The van der Waals surface area contributed by atoms with E-state index >= 15 is 0 Å². The number of hydrogen-bond donors (Lipinski definition) is 0. The lowest BCUT2D eigenvalue weighted by molar-refractivity contribution is -0.123. The van der Waals surface area contributed by atoms with Crippen molar-refractivity contribution in [1.82, 2.24) is 0 Å². The van der Waals surface area contributed by atoms with Gasteiger partial charge >= 0.3 is 0 Å². The van der Waals surface area contributed by atoms with E-state index in [1.54, 1.807) is 12.5 Å². The Morgan fingerprint density at radius 2 is 1.57 bits per heavy atom. The molecule has 2 aromatic rings. The Hall–Kier alpha value is -2.29. The van der Waals surface area contributed by atoms with E-state index < -0.39 is 0 Å². The summed E-state index contributed by atoms with van der Waals surface area (Å²) in [6, 6.07) is 7.75. The summed E-state index contributed by atoms with van der Waals surface area (Å²) < 4.78 is 11.4. The summed E-state index contributed by atoms with van der Waals surface area (Å²) in [5.74, 6) is 6.80. The van der Waals surface area contributed by atoms with Crippen molar-refractivity contribution in [2.24, 2.45) is 52.3 Å². The van der Waals surface area contributed by atoms with E-state index in [0.29, 0.717) is 11.3 Å². The SMILES string of the molecule is CC(C)CCCC(C)C1CCC2C3CCC4C(=Cc5ccco5)C(=O)C(=Cc5ccco5)CC4(C)C3CCC12C. The summed E-state index contributed by atoms with van der Waals surface area (Å²) in [5.41, 5.74) is 2.42. The average Bonchev–Trinajstić information content (AvgIpc) is 3.67. The predicted octanol–water partition coefficient (Wildman–Crippen LogP) is 10.2. The molecule has 4 fully saturated rings. The molecule has 0 aliphatic heterocycles. The Labute approximate surface area is 241 Å². The number of allylic oxidation sites excluding steroid dienone is 2. The van der Waals surface area contributed by atoms with Crippen LogP contribution in [0.15, 0.2) is 56.8 Å². The summed E-state index contributed by atoms with van der Waals surface area (Å²) >= 11 is 0. The van der Waals surface area contributed by atoms with Gasteiger partial charge in [0.05, 0.1) is 12.5 Å². The Balaban J connectivity index is 1.30. The number of furan rings is 2. The van der Waals surface area contributed by atoms with Crippen LogP contribution in [0.3, 0.4) is 0 Å². The van der Waals surface area contributed by atoms with Crippen LogP contribution in [0.4, 0.5) is 0 Å². The molecule has 2 heterocycles. The molecule has 3 heteroatoms. The normalized spacial score (nSPS) is 38.5. The molecule has 6 rings (SSSR count). The third-order valence-electron chi connectivity index (χ3n) is 12.3. The first-order valence-corrected chi connectivity index (χ1v) is 16.2. The molecule has 0 spiro atoms. The second-order valence-electron chi connectivity index (χ2n) is 14.8. The van der Waals surface area contributed by atoms with Gasteiger partial charge in [0.25, 0.3) is 0 Å². The Morgan fingerprint density at radius 3 is 2.25 bits per heavy atom. The Bertz CT molecular complexity index is 1230. The first-order valence-electron chi connectivity index (χ1n) is 16.2. The molecular formula is C37H50O3. The Morgan fingerprint density at radius 1 is 0.875 bits per heavy atom. The summed E-state index contributed by atoms with van der Waals surface area (Å²) in [6.07, 6.45) is 20.3.